The molecule has 1 heterocycles. The molecule has 0 aliphatic heterocycles. The number of aromatic carboxylic acids is 1. The Labute approximate surface area is 118 Å². The molecule has 0 spiro atoms. The highest BCUT2D eigenvalue weighted by Gasteiger charge is 2.17. The van der Waals surface area contributed by atoms with Gasteiger partial charge in [0.1, 0.15) is 0 Å². The summed E-state index contributed by atoms with van der Waals surface area (Å²) in [7, 11) is 0. The standard InChI is InChI=1S/C13H8ClFN2O3/c14-9-3-1-2-8(11(9)15)12(18)17-10-6-16-5-4-7(10)13(19)20/h1-6H,(H,17,18)(H,19,20). The predicted molar refractivity (Wildman–Crippen MR) is 70.6 cm³/mol. The fraction of sp³-hybridized carbons (Fsp3) is 0. The fourth-order valence-electron chi connectivity index (χ4n) is 1.55. The van der Waals surface area contributed by atoms with E-state index in [4.69, 9.17) is 16.7 Å². The summed E-state index contributed by atoms with van der Waals surface area (Å²) in [6.07, 6.45) is 2.45. The maximum atomic E-state index is 13.7. The van der Waals surface area contributed by atoms with Crippen molar-refractivity contribution in [1.82, 2.24) is 4.98 Å². The fourth-order valence-corrected chi connectivity index (χ4v) is 1.72. The number of amides is 1. The van der Waals surface area contributed by atoms with Crippen LogP contribution in [0.25, 0.3) is 0 Å². The molecule has 102 valence electrons. The van der Waals surface area contributed by atoms with E-state index in [1.54, 1.807) is 0 Å². The van der Waals surface area contributed by atoms with Crippen LogP contribution in [0, 0.1) is 5.82 Å². The third-order valence-corrected chi connectivity index (χ3v) is 2.79. The molecule has 0 atom stereocenters. The molecule has 0 radical (unpaired) electrons. The molecule has 1 aromatic heterocycles. The first kappa shape index (κ1) is 14.0. The second-order valence-corrected chi connectivity index (χ2v) is 4.19. The van der Waals surface area contributed by atoms with Crippen LogP contribution in [0.15, 0.2) is 36.7 Å². The molecule has 0 aliphatic carbocycles. The van der Waals surface area contributed by atoms with Gasteiger partial charge in [0.05, 0.1) is 28.0 Å². The van der Waals surface area contributed by atoms with Gasteiger partial charge in [0.2, 0.25) is 0 Å². The van der Waals surface area contributed by atoms with E-state index in [1.807, 2.05) is 0 Å². The highest BCUT2D eigenvalue weighted by atomic mass is 35.5. The molecule has 1 amide bonds. The number of hydrogen-bond donors (Lipinski definition) is 2. The van der Waals surface area contributed by atoms with Crippen molar-refractivity contribution < 1.29 is 19.1 Å². The van der Waals surface area contributed by atoms with Crippen LogP contribution in [0.5, 0.6) is 0 Å². The average Bonchev–Trinajstić information content (AvgIpc) is 2.42. The monoisotopic (exact) mass is 294 g/mol. The smallest absolute Gasteiger partial charge is 0.337 e. The second-order valence-electron chi connectivity index (χ2n) is 3.78. The van der Waals surface area contributed by atoms with Crippen molar-refractivity contribution in [2.75, 3.05) is 5.32 Å². The Morgan fingerprint density at radius 3 is 2.70 bits per heavy atom. The molecule has 5 nitrogen and oxygen atoms in total. The Balaban J connectivity index is 2.33. The molecule has 7 heteroatoms. The van der Waals surface area contributed by atoms with Crippen LogP contribution in [0.1, 0.15) is 20.7 Å². The summed E-state index contributed by atoms with van der Waals surface area (Å²) in [6, 6.07) is 5.20. The Kier molecular flexibility index (Phi) is 3.95. The van der Waals surface area contributed by atoms with Crippen LogP contribution < -0.4 is 5.32 Å². The van der Waals surface area contributed by atoms with Crippen molar-refractivity contribution in [2.45, 2.75) is 0 Å². The molecule has 0 bridgehead atoms. The number of halogens is 2. The lowest BCUT2D eigenvalue weighted by Gasteiger charge is -2.08. The van der Waals surface area contributed by atoms with Crippen LogP contribution in [-0.4, -0.2) is 22.0 Å². The highest BCUT2D eigenvalue weighted by molar-refractivity contribution is 6.31. The second kappa shape index (κ2) is 5.66. The van der Waals surface area contributed by atoms with Gasteiger partial charge in [-0.25, -0.2) is 9.18 Å². The van der Waals surface area contributed by atoms with Gasteiger partial charge in [-0.05, 0) is 18.2 Å². The predicted octanol–water partition coefficient (Wildman–Crippen LogP) is 2.82. The zero-order chi connectivity index (χ0) is 14.7. The molecule has 0 fully saturated rings. The molecule has 0 unspecified atom stereocenters. The van der Waals surface area contributed by atoms with E-state index < -0.39 is 17.7 Å². The first-order valence-corrected chi connectivity index (χ1v) is 5.81. The Morgan fingerprint density at radius 2 is 2.00 bits per heavy atom. The molecular formula is C13H8ClFN2O3. The van der Waals surface area contributed by atoms with Gasteiger partial charge in [0.15, 0.2) is 5.82 Å². The number of carboxylic acid groups (broad SMARTS) is 1. The molecular weight excluding hydrogens is 287 g/mol. The summed E-state index contributed by atoms with van der Waals surface area (Å²) in [5.41, 5.74) is -0.446. The number of carbonyl (C=O) groups excluding carboxylic acids is 1. The van der Waals surface area contributed by atoms with Gasteiger partial charge in [-0.3, -0.25) is 9.78 Å². The number of carbonyl (C=O) groups is 2. The zero-order valence-electron chi connectivity index (χ0n) is 9.93. The quantitative estimate of drug-likeness (QED) is 0.912. The van der Waals surface area contributed by atoms with E-state index in [0.29, 0.717) is 0 Å². The highest BCUT2D eigenvalue weighted by Crippen LogP contribution is 2.20. The maximum absolute atomic E-state index is 13.7. The molecule has 20 heavy (non-hydrogen) atoms. The van der Waals surface area contributed by atoms with Gasteiger partial charge >= 0.3 is 5.97 Å². The van der Waals surface area contributed by atoms with Crippen molar-refractivity contribution >= 4 is 29.2 Å². The number of pyridine rings is 1. The van der Waals surface area contributed by atoms with Crippen molar-refractivity contribution in [1.29, 1.82) is 0 Å². The molecule has 1 aromatic carbocycles. The summed E-state index contributed by atoms with van der Waals surface area (Å²) in [5.74, 6) is -2.90. The number of rotatable bonds is 3. The molecule has 2 rings (SSSR count). The largest absolute Gasteiger partial charge is 0.478 e. The van der Waals surface area contributed by atoms with Crippen LogP contribution in [0.2, 0.25) is 5.02 Å². The Morgan fingerprint density at radius 1 is 1.25 bits per heavy atom. The lowest BCUT2D eigenvalue weighted by atomic mass is 10.1. The van der Waals surface area contributed by atoms with Crippen LogP contribution in [-0.2, 0) is 0 Å². The SMILES string of the molecule is O=C(O)c1ccncc1NC(=O)c1cccc(Cl)c1F. The molecule has 0 saturated carbocycles. The third kappa shape index (κ3) is 2.75. The van der Waals surface area contributed by atoms with E-state index in [2.05, 4.69) is 10.3 Å². The molecule has 2 aromatic rings. The van der Waals surface area contributed by atoms with Gasteiger partial charge in [-0.2, -0.15) is 0 Å². The van der Waals surface area contributed by atoms with Crippen LogP contribution in [0.4, 0.5) is 10.1 Å². The van der Waals surface area contributed by atoms with E-state index in [-0.39, 0.29) is 21.8 Å². The lowest BCUT2D eigenvalue weighted by molar-refractivity contribution is 0.0698. The number of nitrogens with one attached hydrogen (secondary N) is 1. The zero-order valence-corrected chi connectivity index (χ0v) is 10.7. The van der Waals surface area contributed by atoms with Gasteiger partial charge < -0.3 is 10.4 Å². The number of carboxylic acids is 1. The van der Waals surface area contributed by atoms with Gasteiger partial charge in [0.25, 0.3) is 5.91 Å². The summed E-state index contributed by atoms with van der Waals surface area (Å²) in [6.45, 7) is 0. The number of aromatic nitrogens is 1. The third-order valence-electron chi connectivity index (χ3n) is 2.50. The summed E-state index contributed by atoms with van der Waals surface area (Å²) >= 11 is 5.58. The van der Waals surface area contributed by atoms with Crippen molar-refractivity contribution in [3.05, 3.63) is 58.6 Å². The van der Waals surface area contributed by atoms with Crippen molar-refractivity contribution in [3.63, 3.8) is 0 Å². The Hall–Kier alpha value is -2.47. The van der Waals surface area contributed by atoms with E-state index >= 15 is 0 Å². The number of benzene rings is 1. The van der Waals surface area contributed by atoms with E-state index in [0.717, 1.165) is 0 Å². The van der Waals surface area contributed by atoms with Gasteiger partial charge in [0, 0.05) is 6.20 Å². The summed E-state index contributed by atoms with van der Waals surface area (Å²) in [4.78, 5) is 26.6. The number of nitrogens with zero attached hydrogens (tertiary/aromatic N) is 1. The summed E-state index contributed by atoms with van der Waals surface area (Å²) < 4.78 is 13.7. The minimum Gasteiger partial charge on any atom is -0.478 e. The van der Waals surface area contributed by atoms with E-state index in [9.17, 15) is 14.0 Å². The van der Waals surface area contributed by atoms with E-state index in [1.165, 1.54) is 36.7 Å². The number of hydrogen-bond acceptors (Lipinski definition) is 3. The van der Waals surface area contributed by atoms with Crippen LogP contribution >= 0.6 is 11.6 Å². The Bertz CT molecular complexity index is 691. The first-order chi connectivity index (χ1) is 9.50. The van der Waals surface area contributed by atoms with Crippen molar-refractivity contribution in [3.8, 4) is 0 Å². The van der Waals surface area contributed by atoms with Crippen LogP contribution in [0.3, 0.4) is 0 Å². The minimum absolute atomic E-state index is 0.0237. The van der Waals surface area contributed by atoms with Gasteiger partial charge in [-0.15, -0.1) is 0 Å². The average molecular weight is 295 g/mol. The maximum Gasteiger partial charge on any atom is 0.337 e. The molecule has 2 N–H and O–H groups in total. The lowest BCUT2D eigenvalue weighted by Crippen LogP contribution is -2.16. The number of anilines is 1. The minimum atomic E-state index is -1.23. The van der Waals surface area contributed by atoms with Crippen molar-refractivity contribution in [2.24, 2.45) is 0 Å². The topological polar surface area (TPSA) is 79.3 Å². The summed E-state index contributed by atoms with van der Waals surface area (Å²) in [5, 5.41) is 11.1. The molecule has 0 saturated heterocycles. The van der Waals surface area contributed by atoms with Gasteiger partial charge in [-0.1, -0.05) is 17.7 Å². The molecule has 0 aliphatic rings. The normalized spacial score (nSPS) is 10.1. The first-order valence-electron chi connectivity index (χ1n) is 5.43.